The second-order valence-electron chi connectivity index (χ2n) is 6.16. The topological polar surface area (TPSA) is 102 Å². The lowest BCUT2D eigenvalue weighted by atomic mass is 9.87. The highest BCUT2D eigenvalue weighted by Crippen LogP contribution is 2.39. The van der Waals surface area contributed by atoms with Crippen molar-refractivity contribution in [2.75, 3.05) is 13.2 Å². The molecule has 0 bridgehead atoms. The van der Waals surface area contributed by atoms with Crippen LogP contribution in [0.3, 0.4) is 0 Å². The average molecular weight is 412 g/mol. The molecule has 7 nitrogen and oxygen atoms in total. The fourth-order valence-corrected chi connectivity index (χ4v) is 3.00. The van der Waals surface area contributed by atoms with E-state index in [0.29, 0.717) is 26.1 Å². The number of alkyl halides is 5. The summed E-state index contributed by atoms with van der Waals surface area (Å²) in [6.07, 6.45) is -9.71. The number of halogens is 5. The van der Waals surface area contributed by atoms with Gasteiger partial charge in [-0.1, -0.05) is 0 Å². The van der Waals surface area contributed by atoms with Crippen molar-refractivity contribution in [1.29, 1.82) is 0 Å². The van der Waals surface area contributed by atoms with Gasteiger partial charge in [-0.15, -0.1) is 0 Å². The van der Waals surface area contributed by atoms with Crippen LogP contribution in [0.1, 0.15) is 25.7 Å². The van der Waals surface area contributed by atoms with Crippen LogP contribution in [0.5, 0.6) is 0 Å². The molecule has 2 aliphatic rings. The lowest BCUT2D eigenvalue weighted by Crippen LogP contribution is -2.52. The lowest BCUT2D eigenvalue weighted by molar-refractivity contribution is -0.261. The largest absolute Gasteiger partial charge is 0.444 e. The standard InChI is InChI=1S/C13H17F5O7S/c14-12(15,16)11(13(17,18)26(20,21)22)25-10(19)7-1-3-8(4-2-7)23-5-9-6-24-9/h7-9,11H,1-6H2,(H,20,21,22). The van der Waals surface area contributed by atoms with E-state index in [0.717, 1.165) is 0 Å². The molecule has 0 aromatic rings. The molecule has 152 valence electrons. The van der Waals surface area contributed by atoms with Crippen LogP contribution in [-0.2, 0) is 29.1 Å². The van der Waals surface area contributed by atoms with E-state index in [1.54, 1.807) is 0 Å². The zero-order chi connectivity index (χ0) is 19.8. The molecule has 2 rings (SSSR count). The molecule has 1 aliphatic heterocycles. The molecule has 2 unspecified atom stereocenters. The zero-order valence-electron chi connectivity index (χ0n) is 13.2. The smallest absolute Gasteiger partial charge is 0.432 e. The van der Waals surface area contributed by atoms with Crippen molar-refractivity contribution in [3.8, 4) is 0 Å². The summed E-state index contributed by atoms with van der Waals surface area (Å²) >= 11 is 0. The van der Waals surface area contributed by atoms with Gasteiger partial charge >= 0.3 is 27.5 Å². The van der Waals surface area contributed by atoms with Crippen LogP contribution in [0, 0.1) is 5.92 Å². The number of epoxide rings is 1. The minimum Gasteiger partial charge on any atom is -0.444 e. The monoisotopic (exact) mass is 412 g/mol. The maximum atomic E-state index is 13.4. The third-order valence-corrected chi connectivity index (χ3v) is 5.01. The maximum Gasteiger partial charge on any atom is 0.432 e. The minimum absolute atomic E-state index is 0.0212. The molecular formula is C13H17F5O7S. The number of hydrogen-bond donors (Lipinski definition) is 1. The van der Waals surface area contributed by atoms with Gasteiger partial charge < -0.3 is 14.2 Å². The highest BCUT2D eigenvalue weighted by Gasteiger charge is 2.66. The summed E-state index contributed by atoms with van der Waals surface area (Å²) < 4.78 is 109. The quantitative estimate of drug-likeness (QED) is 0.295. The van der Waals surface area contributed by atoms with Crippen molar-refractivity contribution >= 4 is 16.1 Å². The summed E-state index contributed by atoms with van der Waals surface area (Å²) in [5.41, 5.74) is 0. The van der Waals surface area contributed by atoms with Crippen molar-refractivity contribution in [3.63, 3.8) is 0 Å². The van der Waals surface area contributed by atoms with E-state index in [1.807, 2.05) is 0 Å². The SMILES string of the molecule is O=C(OC(C(F)(F)F)C(F)(F)S(=O)(=O)O)C1CCC(OCC2CO2)CC1. The molecule has 13 heteroatoms. The van der Waals surface area contributed by atoms with Gasteiger partial charge in [-0.3, -0.25) is 9.35 Å². The Balaban J connectivity index is 1.95. The van der Waals surface area contributed by atoms with Gasteiger partial charge in [0.1, 0.15) is 6.10 Å². The number of hydrogen-bond acceptors (Lipinski definition) is 6. The van der Waals surface area contributed by atoms with Gasteiger partial charge in [-0.05, 0) is 25.7 Å². The number of ether oxygens (including phenoxy) is 3. The second kappa shape index (κ2) is 7.52. The van der Waals surface area contributed by atoms with E-state index in [1.165, 1.54) is 0 Å². The predicted octanol–water partition coefficient (Wildman–Crippen LogP) is 1.92. The van der Waals surface area contributed by atoms with Gasteiger partial charge in [-0.25, -0.2) is 0 Å². The molecule has 0 amide bonds. The summed E-state index contributed by atoms with van der Waals surface area (Å²) in [4.78, 5) is 11.8. The van der Waals surface area contributed by atoms with Gasteiger partial charge in [0.2, 0.25) is 0 Å². The van der Waals surface area contributed by atoms with Gasteiger partial charge in [-0.2, -0.15) is 30.4 Å². The molecule has 0 aromatic carbocycles. The highest BCUT2D eigenvalue weighted by atomic mass is 32.2. The average Bonchev–Trinajstić information content (AvgIpc) is 3.32. The Morgan fingerprint density at radius 2 is 1.69 bits per heavy atom. The van der Waals surface area contributed by atoms with E-state index in [-0.39, 0.29) is 25.0 Å². The third-order valence-electron chi connectivity index (χ3n) is 4.11. The van der Waals surface area contributed by atoms with Gasteiger partial charge in [0.05, 0.1) is 25.2 Å². The number of rotatable bonds is 7. The van der Waals surface area contributed by atoms with E-state index in [2.05, 4.69) is 4.74 Å². The van der Waals surface area contributed by atoms with Crippen molar-refractivity contribution in [2.45, 2.75) is 55.4 Å². The van der Waals surface area contributed by atoms with Crippen LogP contribution in [0.25, 0.3) is 0 Å². The zero-order valence-corrected chi connectivity index (χ0v) is 14.1. The Morgan fingerprint density at radius 1 is 1.15 bits per heavy atom. The second-order valence-corrected chi connectivity index (χ2v) is 7.65. The Kier molecular flexibility index (Phi) is 6.15. The van der Waals surface area contributed by atoms with Crippen LogP contribution >= 0.6 is 0 Å². The number of esters is 1. The van der Waals surface area contributed by atoms with Crippen molar-refractivity contribution < 1.29 is 53.9 Å². The normalized spacial score (nSPS) is 28.5. The van der Waals surface area contributed by atoms with Crippen molar-refractivity contribution in [3.05, 3.63) is 0 Å². The third kappa shape index (κ3) is 5.24. The molecule has 26 heavy (non-hydrogen) atoms. The summed E-state index contributed by atoms with van der Waals surface area (Å²) in [5.74, 6) is -2.70. The highest BCUT2D eigenvalue weighted by molar-refractivity contribution is 7.86. The van der Waals surface area contributed by atoms with Crippen LogP contribution < -0.4 is 0 Å². The first-order chi connectivity index (χ1) is 11.8. The van der Waals surface area contributed by atoms with E-state index in [4.69, 9.17) is 14.0 Å². The Morgan fingerprint density at radius 3 is 2.12 bits per heavy atom. The van der Waals surface area contributed by atoms with Crippen molar-refractivity contribution in [1.82, 2.24) is 0 Å². The van der Waals surface area contributed by atoms with E-state index < -0.39 is 39.5 Å². The molecule has 1 saturated heterocycles. The summed E-state index contributed by atoms with van der Waals surface area (Å²) in [5, 5.41) is -5.72. The number of carbonyl (C=O) groups excluding carboxylic acids is 1. The van der Waals surface area contributed by atoms with Gasteiger partial charge in [0.25, 0.3) is 6.10 Å². The van der Waals surface area contributed by atoms with Gasteiger partial charge in [0, 0.05) is 0 Å². The molecule has 0 radical (unpaired) electrons. The first kappa shape index (κ1) is 21.3. The van der Waals surface area contributed by atoms with Crippen LogP contribution in [0.15, 0.2) is 0 Å². The minimum atomic E-state index is -6.44. The first-order valence-electron chi connectivity index (χ1n) is 7.67. The summed E-state index contributed by atoms with van der Waals surface area (Å²) in [7, 11) is -6.44. The lowest BCUT2D eigenvalue weighted by Gasteiger charge is -2.30. The molecule has 2 atom stereocenters. The molecule has 1 heterocycles. The van der Waals surface area contributed by atoms with Gasteiger partial charge in [0.15, 0.2) is 0 Å². The van der Waals surface area contributed by atoms with Crippen LogP contribution in [0.2, 0.25) is 0 Å². The Labute approximate surface area is 145 Å². The van der Waals surface area contributed by atoms with Crippen molar-refractivity contribution in [2.24, 2.45) is 5.92 Å². The Bertz CT molecular complexity index is 609. The first-order valence-corrected chi connectivity index (χ1v) is 9.11. The van der Waals surface area contributed by atoms with Crippen LogP contribution in [-0.4, -0.2) is 61.9 Å². The molecule has 0 aromatic heterocycles. The molecule has 1 aliphatic carbocycles. The van der Waals surface area contributed by atoms with E-state index >= 15 is 0 Å². The summed E-state index contributed by atoms with van der Waals surface area (Å²) in [6, 6.07) is 0. The Hall–Kier alpha value is -1.05. The van der Waals surface area contributed by atoms with Crippen LogP contribution in [0.4, 0.5) is 22.0 Å². The molecule has 2 fully saturated rings. The summed E-state index contributed by atoms with van der Waals surface area (Å²) in [6.45, 7) is 0.943. The maximum absolute atomic E-state index is 13.4. The fourth-order valence-electron chi connectivity index (χ4n) is 2.55. The van der Waals surface area contributed by atoms with E-state index in [9.17, 15) is 35.2 Å². The predicted molar refractivity (Wildman–Crippen MR) is 73.9 cm³/mol. The molecule has 1 N–H and O–H groups in total. The molecule has 0 spiro atoms. The fraction of sp³-hybridized carbons (Fsp3) is 0.923. The molecule has 1 saturated carbocycles. The number of carbonyl (C=O) groups is 1. The molecular weight excluding hydrogens is 395 g/mol.